The highest BCUT2D eigenvalue weighted by Crippen LogP contribution is 2.22. The lowest BCUT2D eigenvalue weighted by Crippen LogP contribution is -2.37. The SMILES string of the molecule is CCN(CC)[C@@H](C)[C@H](O)c1ccc(OC)cc1. The van der Waals surface area contributed by atoms with Crippen LogP contribution in [0.25, 0.3) is 0 Å². The molecule has 0 radical (unpaired) electrons. The van der Waals surface area contributed by atoms with Gasteiger partial charge in [0.05, 0.1) is 13.2 Å². The molecule has 0 saturated carbocycles. The maximum absolute atomic E-state index is 10.3. The predicted molar refractivity (Wildman–Crippen MR) is 70.3 cm³/mol. The molecule has 0 heterocycles. The predicted octanol–water partition coefficient (Wildman–Crippen LogP) is 2.46. The van der Waals surface area contributed by atoms with Crippen LogP contribution in [0.5, 0.6) is 5.75 Å². The van der Waals surface area contributed by atoms with E-state index >= 15 is 0 Å². The van der Waals surface area contributed by atoms with Crippen molar-refractivity contribution in [1.82, 2.24) is 4.90 Å². The standard InChI is InChI=1S/C14H23NO2/c1-5-15(6-2)11(3)14(16)12-7-9-13(17-4)10-8-12/h7-11,14,16H,5-6H2,1-4H3/t11-,14-/m0/s1. The largest absolute Gasteiger partial charge is 0.497 e. The second-order valence-electron chi connectivity index (χ2n) is 4.18. The van der Waals surface area contributed by atoms with Crippen LogP contribution < -0.4 is 4.74 Å². The van der Waals surface area contributed by atoms with Gasteiger partial charge in [0.25, 0.3) is 0 Å². The van der Waals surface area contributed by atoms with E-state index < -0.39 is 6.10 Å². The second-order valence-corrected chi connectivity index (χ2v) is 4.18. The fourth-order valence-corrected chi connectivity index (χ4v) is 2.08. The Hall–Kier alpha value is -1.06. The van der Waals surface area contributed by atoms with Gasteiger partial charge in [-0.15, -0.1) is 0 Å². The maximum atomic E-state index is 10.3. The van der Waals surface area contributed by atoms with Gasteiger partial charge in [0, 0.05) is 6.04 Å². The first-order chi connectivity index (χ1) is 8.13. The van der Waals surface area contributed by atoms with E-state index in [-0.39, 0.29) is 6.04 Å². The van der Waals surface area contributed by atoms with Gasteiger partial charge in [0.2, 0.25) is 0 Å². The third kappa shape index (κ3) is 3.45. The van der Waals surface area contributed by atoms with Crippen LogP contribution in [0, 0.1) is 0 Å². The van der Waals surface area contributed by atoms with Crippen molar-refractivity contribution in [2.45, 2.75) is 32.9 Å². The van der Waals surface area contributed by atoms with Gasteiger partial charge in [0.1, 0.15) is 5.75 Å². The molecule has 1 aromatic carbocycles. The number of ether oxygens (including phenoxy) is 1. The molecule has 0 aromatic heterocycles. The lowest BCUT2D eigenvalue weighted by Gasteiger charge is -2.30. The molecule has 1 aromatic rings. The van der Waals surface area contributed by atoms with Crippen LogP contribution >= 0.6 is 0 Å². The van der Waals surface area contributed by atoms with Gasteiger partial charge < -0.3 is 9.84 Å². The Morgan fingerprint density at radius 2 is 1.71 bits per heavy atom. The molecule has 0 unspecified atom stereocenters. The molecule has 1 rings (SSSR count). The Morgan fingerprint density at radius 1 is 1.18 bits per heavy atom. The third-order valence-electron chi connectivity index (χ3n) is 3.30. The highest BCUT2D eigenvalue weighted by atomic mass is 16.5. The molecule has 0 spiro atoms. The minimum absolute atomic E-state index is 0.124. The Labute approximate surface area is 104 Å². The van der Waals surface area contributed by atoms with Crippen LogP contribution in [0.4, 0.5) is 0 Å². The number of likely N-dealkylation sites (N-methyl/N-ethyl adjacent to an activating group) is 1. The van der Waals surface area contributed by atoms with Crippen molar-refractivity contribution in [1.29, 1.82) is 0 Å². The van der Waals surface area contributed by atoms with E-state index in [2.05, 4.69) is 25.7 Å². The van der Waals surface area contributed by atoms with Crippen molar-refractivity contribution < 1.29 is 9.84 Å². The summed E-state index contributed by atoms with van der Waals surface area (Å²) in [7, 11) is 1.64. The van der Waals surface area contributed by atoms with Gasteiger partial charge in [-0.3, -0.25) is 4.90 Å². The minimum Gasteiger partial charge on any atom is -0.497 e. The van der Waals surface area contributed by atoms with Gasteiger partial charge >= 0.3 is 0 Å². The van der Waals surface area contributed by atoms with Crippen molar-refractivity contribution in [2.24, 2.45) is 0 Å². The summed E-state index contributed by atoms with van der Waals surface area (Å²) in [6.45, 7) is 8.18. The van der Waals surface area contributed by atoms with Crippen LogP contribution in [-0.2, 0) is 0 Å². The van der Waals surface area contributed by atoms with E-state index in [1.807, 2.05) is 24.3 Å². The maximum Gasteiger partial charge on any atom is 0.118 e. The summed E-state index contributed by atoms with van der Waals surface area (Å²) in [6, 6.07) is 7.73. The number of aliphatic hydroxyl groups is 1. The quantitative estimate of drug-likeness (QED) is 0.825. The van der Waals surface area contributed by atoms with E-state index in [9.17, 15) is 5.11 Å². The van der Waals surface area contributed by atoms with Crippen LogP contribution in [0.3, 0.4) is 0 Å². The topological polar surface area (TPSA) is 32.7 Å². The summed E-state index contributed by atoms with van der Waals surface area (Å²) in [6.07, 6.45) is -0.458. The molecule has 3 nitrogen and oxygen atoms in total. The van der Waals surface area contributed by atoms with Gasteiger partial charge in [-0.05, 0) is 37.7 Å². The molecule has 1 N–H and O–H groups in total. The van der Waals surface area contributed by atoms with Crippen molar-refractivity contribution in [3.63, 3.8) is 0 Å². The van der Waals surface area contributed by atoms with Crippen LogP contribution in [0.2, 0.25) is 0 Å². The summed E-state index contributed by atoms with van der Waals surface area (Å²) in [4.78, 5) is 2.24. The zero-order valence-corrected chi connectivity index (χ0v) is 11.2. The Morgan fingerprint density at radius 3 is 2.12 bits per heavy atom. The Balaban J connectivity index is 2.76. The van der Waals surface area contributed by atoms with Gasteiger partial charge in [-0.25, -0.2) is 0 Å². The lowest BCUT2D eigenvalue weighted by atomic mass is 10.0. The van der Waals surface area contributed by atoms with Crippen molar-refractivity contribution in [2.75, 3.05) is 20.2 Å². The number of benzene rings is 1. The summed E-state index contributed by atoms with van der Waals surface area (Å²) in [5.74, 6) is 0.816. The third-order valence-corrected chi connectivity index (χ3v) is 3.30. The van der Waals surface area contributed by atoms with Crippen LogP contribution in [0.15, 0.2) is 24.3 Å². The molecule has 0 amide bonds. The molecule has 0 fully saturated rings. The molecule has 2 atom stereocenters. The fourth-order valence-electron chi connectivity index (χ4n) is 2.08. The molecule has 96 valence electrons. The summed E-state index contributed by atoms with van der Waals surface area (Å²) >= 11 is 0. The zero-order valence-electron chi connectivity index (χ0n) is 11.2. The fraction of sp³-hybridized carbons (Fsp3) is 0.571. The summed E-state index contributed by atoms with van der Waals surface area (Å²) in [5, 5.41) is 10.3. The van der Waals surface area contributed by atoms with Gasteiger partial charge in [0.15, 0.2) is 0 Å². The van der Waals surface area contributed by atoms with E-state index in [4.69, 9.17) is 4.74 Å². The monoisotopic (exact) mass is 237 g/mol. The van der Waals surface area contributed by atoms with Crippen molar-refractivity contribution >= 4 is 0 Å². The normalized spacial score (nSPS) is 14.7. The smallest absolute Gasteiger partial charge is 0.118 e. The average molecular weight is 237 g/mol. The molecule has 0 aliphatic heterocycles. The highest BCUT2D eigenvalue weighted by molar-refractivity contribution is 5.29. The Kier molecular flexibility index (Phi) is 5.45. The molecule has 0 saturated heterocycles. The molecule has 0 aliphatic carbocycles. The van der Waals surface area contributed by atoms with Crippen molar-refractivity contribution in [3.05, 3.63) is 29.8 Å². The molecule has 17 heavy (non-hydrogen) atoms. The first-order valence-electron chi connectivity index (χ1n) is 6.20. The number of nitrogens with zero attached hydrogens (tertiary/aromatic N) is 1. The summed E-state index contributed by atoms with van der Waals surface area (Å²) in [5.41, 5.74) is 0.935. The Bertz CT molecular complexity index is 319. The summed E-state index contributed by atoms with van der Waals surface area (Å²) < 4.78 is 5.11. The van der Waals surface area contributed by atoms with E-state index in [1.54, 1.807) is 7.11 Å². The molecular weight excluding hydrogens is 214 g/mol. The molecule has 3 heteroatoms. The van der Waals surface area contributed by atoms with Crippen LogP contribution in [0.1, 0.15) is 32.4 Å². The average Bonchev–Trinajstić information content (AvgIpc) is 2.39. The second kappa shape index (κ2) is 6.62. The van der Waals surface area contributed by atoms with E-state index in [0.29, 0.717) is 0 Å². The highest BCUT2D eigenvalue weighted by Gasteiger charge is 2.20. The van der Waals surface area contributed by atoms with Gasteiger partial charge in [-0.2, -0.15) is 0 Å². The van der Waals surface area contributed by atoms with Crippen molar-refractivity contribution in [3.8, 4) is 5.75 Å². The van der Waals surface area contributed by atoms with Crippen LogP contribution in [-0.4, -0.2) is 36.2 Å². The van der Waals surface area contributed by atoms with E-state index in [1.165, 1.54) is 0 Å². The van der Waals surface area contributed by atoms with E-state index in [0.717, 1.165) is 24.4 Å². The molecule has 0 aliphatic rings. The minimum atomic E-state index is -0.458. The van der Waals surface area contributed by atoms with Gasteiger partial charge in [-0.1, -0.05) is 26.0 Å². The number of hydrogen-bond acceptors (Lipinski definition) is 3. The lowest BCUT2D eigenvalue weighted by molar-refractivity contribution is 0.0638. The number of methoxy groups -OCH3 is 1. The number of aliphatic hydroxyl groups excluding tert-OH is 1. The molecule has 0 bridgehead atoms. The number of hydrogen-bond donors (Lipinski definition) is 1. The first-order valence-corrected chi connectivity index (χ1v) is 6.20. The zero-order chi connectivity index (χ0) is 12.8. The molecular formula is C14H23NO2. The first kappa shape index (κ1) is 14.0. The number of rotatable bonds is 6.